The van der Waals surface area contributed by atoms with E-state index >= 15 is 0 Å². The zero-order valence-corrected chi connectivity index (χ0v) is 7.01. The molecule has 0 radical (unpaired) electrons. The lowest BCUT2D eigenvalue weighted by Crippen LogP contribution is -2.26. The molecule has 5 heteroatoms. The first-order valence-electron chi connectivity index (χ1n) is 3.34. The molecule has 12 heavy (non-hydrogen) atoms. The number of benzene rings is 1. The van der Waals surface area contributed by atoms with Crippen molar-refractivity contribution >= 4 is 30.5 Å². The highest BCUT2D eigenvalue weighted by molar-refractivity contribution is 6.49. The van der Waals surface area contributed by atoms with Crippen LogP contribution in [-0.4, -0.2) is 18.4 Å². The lowest BCUT2D eigenvalue weighted by Gasteiger charge is -2.01. The molecular formula is C7H7BClNO2. The molecule has 1 aromatic carbocycles. The first-order valence-corrected chi connectivity index (χ1v) is 3.72. The third-order valence-corrected chi connectivity index (χ3v) is 1.74. The molecule has 1 aromatic rings. The number of carbonyl (C=O) groups excluding carboxylic acids is 1. The van der Waals surface area contributed by atoms with E-state index in [9.17, 15) is 4.79 Å². The predicted octanol–water partition coefficient (Wildman–Crippen LogP) is -0.592. The Labute approximate surface area is 75.4 Å². The van der Waals surface area contributed by atoms with Crippen molar-refractivity contribution in [3.05, 3.63) is 28.8 Å². The van der Waals surface area contributed by atoms with Crippen LogP contribution in [0, 0.1) is 0 Å². The summed E-state index contributed by atoms with van der Waals surface area (Å²) >= 11 is 5.64. The molecule has 0 aliphatic heterocycles. The molecule has 3 nitrogen and oxygen atoms in total. The quantitative estimate of drug-likeness (QED) is 0.602. The molecule has 0 atom stereocenters. The number of nitrogens with two attached hydrogens (primary N) is 1. The zero-order chi connectivity index (χ0) is 9.14. The van der Waals surface area contributed by atoms with Crippen molar-refractivity contribution < 1.29 is 9.82 Å². The molecule has 0 fully saturated rings. The minimum atomic E-state index is -0.560. The van der Waals surface area contributed by atoms with Crippen molar-refractivity contribution in [1.82, 2.24) is 0 Å². The second kappa shape index (κ2) is 3.60. The van der Waals surface area contributed by atoms with Gasteiger partial charge in [0, 0.05) is 10.6 Å². The Hall–Kier alpha value is -0.995. The van der Waals surface area contributed by atoms with Crippen molar-refractivity contribution in [1.29, 1.82) is 0 Å². The number of halogens is 1. The maximum absolute atomic E-state index is 10.8. The van der Waals surface area contributed by atoms with Crippen molar-refractivity contribution in [2.24, 2.45) is 5.73 Å². The average Bonchev–Trinajstić information content (AvgIpc) is 2.03. The molecule has 0 aliphatic carbocycles. The SMILES string of the molecule is NC(=O)c1ccc(Cl)cc1BO. The van der Waals surface area contributed by atoms with Gasteiger partial charge in [0.25, 0.3) is 0 Å². The molecule has 3 N–H and O–H groups in total. The van der Waals surface area contributed by atoms with E-state index in [0.29, 0.717) is 16.0 Å². The molecule has 0 aliphatic rings. The molecule has 0 spiro atoms. The second-order valence-electron chi connectivity index (χ2n) is 2.32. The van der Waals surface area contributed by atoms with Gasteiger partial charge >= 0.3 is 7.48 Å². The van der Waals surface area contributed by atoms with E-state index in [4.69, 9.17) is 22.4 Å². The Morgan fingerprint density at radius 2 is 2.25 bits per heavy atom. The molecule has 1 rings (SSSR count). The summed E-state index contributed by atoms with van der Waals surface area (Å²) in [6, 6.07) is 4.57. The Bertz CT molecular complexity index is 316. The summed E-state index contributed by atoms with van der Waals surface area (Å²) < 4.78 is 0. The normalized spacial score (nSPS) is 9.50. The van der Waals surface area contributed by atoms with Gasteiger partial charge in [-0.3, -0.25) is 4.79 Å². The van der Waals surface area contributed by atoms with Crippen molar-refractivity contribution in [3.63, 3.8) is 0 Å². The van der Waals surface area contributed by atoms with E-state index in [2.05, 4.69) is 0 Å². The van der Waals surface area contributed by atoms with Crippen LogP contribution in [0.25, 0.3) is 0 Å². The lowest BCUT2D eigenvalue weighted by molar-refractivity contribution is 0.100. The fraction of sp³-hybridized carbons (Fsp3) is 0. The van der Waals surface area contributed by atoms with Crippen LogP contribution in [0.5, 0.6) is 0 Å². The van der Waals surface area contributed by atoms with Crippen molar-refractivity contribution in [3.8, 4) is 0 Å². The van der Waals surface area contributed by atoms with E-state index in [1.54, 1.807) is 6.07 Å². The van der Waals surface area contributed by atoms with Crippen LogP contribution in [0.15, 0.2) is 18.2 Å². The Kier molecular flexibility index (Phi) is 2.73. The molecule has 0 bridgehead atoms. The molecule has 62 valence electrons. The van der Waals surface area contributed by atoms with Gasteiger partial charge in [0.15, 0.2) is 0 Å². The summed E-state index contributed by atoms with van der Waals surface area (Å²) in [5.41, 5.74) is 5.81. The highest BCUT2D eigenvalue weighted by atomic mass is 35.5. The summed E-state index contributed by atoms with van der Waals surface area (Å²) in [6.45, 7) is 0. The van der Waals surface area contributed by atoms with Crippen LogP contribution in [0.3, 0.4) is 0 Å². The standard InChI is InChI=1S/C7H7BClNO2/c9-4-1-2-5(7(10)11)6(3-4)8-12/h1-3,8,12H,(H2,10,11). The van der Waals surface area contributed by atoms with E-state index < -0.39 is 5.91 Å². The van der Waals surface area contributed by atoms with Crippen LogP contribution in [0.2, 0.25) is 5.02 Å². The largest absolute Gasteiger partial charge is 0.449 e. The third kappa shape index (κ3) is 1.78. The van der Waals surface area contributed by atoms with E-state index in [-0.39, 0.29) is 7.48 Å². The first-order chi connectivity index (χ1) is 5.65. The number of rotatable bonds is 2. The Balaban J connectivity index is 3.20. The van der Waals surface area contributed by atoms with Crippen LogP contribution in [-0.2, 0) is 0 Å². The van der Waals surface area contributed by atoms with Gasteiger partial charge in [-0.15, -0.1) is 0 Å². The summed E-state index contributed by atoms with van der Waals surface area (Å²) in [5, 5.41) is 9.30. The summed E-state index contributed by atoms with van der Waals surface area (Å²) in [7, 11) is -0.237. The minimum Gasteiger partial charge on any atom is -0.449 e. The number of hydrogen-bond donors (Lipinski definition) is 2. The summed E-state index contributed by atoms with van der Waals surface area (Å²) in [6.07, 6.45) is 0. The maximum Gasteiger partial charge on any atom is 0.305 e. The van der Waals surface area contributed by atoms with Gasteiger partial charge in [0.1, 0.15) is 0 Å². The molecule has 0 saturated carbocycles. The zero-order valence-electron chi connectivity index (χ0n) is 6.25. The molecule has 1 amide bonds. The molecule has 0 heterocycles. The van der Waals surface area contributed by atoms with Gasteiger partial charge in [-0.05, 0) is 23.7 Å². The van der Waals surface area contributed by atoms with E-state index in [0.717, 1.165) is 0 Å². The minimum absolute atomic E-state index is 0.237. The van der Waals surface area contributed by atoms with Crippen LogP contribution < -0.4 is 11.2 Å². The molecular weight excluding hydrogens is 176 g/mol. The summed E-state index contributed by atoms with van der Waals surface area (Å²) in [4.78, 5) is 10.8. The van der Waals surface area contributed by atoms with Crippen LogP contribution in [0.1, 0.15) is 10.4 Å². The number of amides is 1. The third-order valence-electron chi connectivity index (χ3n) is 1.50. The smallest absolute Gasteiger partial charge is 0.305 e. The fourth-order valence-electron chi connectivity index (χ4n) is 0.933. The summed E-state index contributed by atoms with van der Waals surface area (Å²) in [5.74, 6) is -0.560. The molecule has 0 saturated heterocycles. The molecule has 0 unspecified atom stereocenters. The number of primary amides is 1. The fourth-order valence-corrected chi connectivity index (χ4v) is 1.13. The topological polar surface area (TPSA) is 63.3 Å². The van der Waals surface area contributed by atoms with Gasteiger partial charge in [0.2, 0.25) is 5.91 Å². The number of carbonyl (C=O) groups is 1. The second-order valence-corrected chi connectivity index (χ2v) is 2.76. The van der Waals surface area contributed by atoms with Crippen LogP contribution in [0.4, 0.5) is 0 Å². The average molecular weight is 183 g/mol. The number of hydrogen-bond acceptors (Lipinski definition) is 2. The van der Waals surface area contributed by atoms with Gasteiger partial charge in [-0.25, -0.2) is 0 Å². The van der Waals surface area contributed by atoms with Gasteiger partial charge in [0.05, 0.1) is 0 Å². The maximum atomic E-state index is 10.8. The Morgan fingerprint density at radius 3 is 2.75 bits per heavy atom. The van der Waals surface area contributed by atoms with Gasteiger partial charge in [-0.1, -0.05) is 11.6 Å². The van der Waals surface area contributed by atoms with Gasteiger partial charge in [-0.2, -0.15) is 0 Å². The molecule has 0 aromatic heterocycles. The highest BCUT2D eigenvalue weighted by Crippen LogP contribution is 2.06. The van der Waals surface area contributed by atoms with Gasteiger partial charge < -0.3 is 10.8 Å². The predicted molar refractivity (Wildman–Crippen MR) is 49.0 cm³/mol. The monoisotopic (exact) mass is 183 g/mol. The van der Waals surface area contributed by atoms with E-state index in [1.807, 2.05) is 0 Å². The van der Waals surface area contributed by atoms with E-state index in [1.165, 1.54) is 12.1 Å². The highest BCUT2D eigenvalue weighted by Gasteiger charge is 2.07. The first kappa shape index (κ1) is 9.10. The van der Waals surface area contributed by atoms with Crippen LogP contribution >= 0.6 is 11.6 Å². The van der Waals surface area contributed by atoms with Crippen molar-refractivity contribution in [2.75, 3.05) is 0 Å². The lowest BCUT2D eigenvalue weighted by atomic mass is 9.84. The van der Waals surface area contributed by atoms with Crippen molar-refractivity contribution in [2.45, 2.75) is 0 Å². The Morgan fingerprint density at radius 1 is 1.58 bits per heavy atom.